The summed E-state index contributed by atoms with van der Waals surface area (Å²) in [6.45, 7) is 5.55. The number of hydrogen-bond donors (Lipinski definition) is 0. The van der Waals surface area contributed by atoms with Crippen molar-refractivity contribution in [2.75, 3.05) is 38.2 Å². The van der Waals surface area contributed by atoms with Gasteiger partial charge in [0.15, 0.2) is 5.82 Å². The van der Waals surface area contributed by atoms with E-state index in [1.165, 1.54) is 5.39 Å². The van der Waals surface area contributed by atoms with E-state index in [2.05, 4.69) is 45.4 Å². The van der Waals surface area contributed by atoms with Crippen LogP contribution in [0.15, 0.2) is 71.6 Å². The molecule has 1 aromatic heterocycles. The molecule has 0 saturated carbocycles. The molecule has 0 N–H and O–H groups in total. The first-order valence-electron chi connectivity index (χ1n) is 11.6. The number of nitrogens with zero attached hydrogens (tertiary/aromatic N) is 4. The molecule has 1 saturated heterocycles. The summed E-state index contributed by atoms with van der Waals surface area (Å²) in [6.07, 6.45) is 0. The predicted molar refractivity (Wildman–Crippen MR) is 138 cm³/mol. The van der Waals surface area contributed by atoms with Gasteiger partial charge in [-0.25, -0.2) is 8.42 Å². The van der Waals surface area contributed by atoms with Gasteiger partial charge in [-0.1, -0.05) is 36.4 Å². The molecular formula is C27H28N4O3S. The van der Waals surface area contributed by atoms with Gasteiger partial charge in [-0.05, 0) is 66.1 Å². The number of aromatic nitrogens is 2. The quantitative estimate of drug-likeness (QED) is 0.414. The summed E-state index contributed by atoms with van der Waals surface area (Å²) >= 11 is 0. The molecule has 180 valence electrons. The van der Waals surface area contributed by atoms with Crippen LogP contribution in [0.2, 0.25) is 0 Å². The van der Waals surface area contributed by atoms with E-state index < -0.39 is 10.0 Å². The lowest BCUT2D eigenvalue weighted by Gasteiger charge is -2.34. The summed E-state index contributed by atoms with van der Waals surface area (Å²) in [5.41, 5.74) is 3.32. The summed E-state index contributed by atoms with van der Waals surface area (Å²) in [6, 6.07) is 21.9. The molecule has 8 heteroatoms. The molecule has 4 aromatic rings. The molecule has 5 rings (SSSR count). The Labute approximate surface area is 206 Å². The number of methoxy groups -OCH3 is 1. The van der Waals surface area contributed by atoms with Crippen LogP contribution in [0.5, 0.6) is 5.75 Å². The fourth-order valence-electron chi connectivity index (χ4n) is 4.55. The van der Waals surface area contributed by atoms with Crippen molar-refractivity contribution in [3.8, 4) is 17.0 Å². The topological polar surface area (TPSA) is 75.6 Å². The highest BCUT2D eigenvalue weighted by Crippen LogP contribution is 2.29. The molecule has 0 amide bonds. The molecule has 0 aliphatic carbocycles. The third-order valence-corrected chi connectivity index (χ3v) is 8.61. The highest BCUT2D eigenvalue weighted by molar-refractivity contribution is 7.89. The SMILES string of the molecule is COc1cc(C)c(S(=O)(=O)N2CCN(c3ccc(-c4ccc5ccccc5c4)nn3)CC2)cc1C. The molecule has 2 heterocycles. The van der Waals surface area contributed by atoms with E-state index in [0.717, 1.165) is 28.0 Å². The van der Waals surface area contributed by atoms with Gasteiger partial charge in [0.25, 0.3) is 0 Å². The van der Waals surface area contributed by atoms with Gasteiger partial charge in [0.05, 0.1) is 17.7 Å². The van der Waals surface area contributed by atoms with E-state index in [1.807, 2.05) is 31.2 Å². The van der Waals surface area contributed by atoms with Crippen LogP contribution in [-0.2, 0) is 10.0 Å². The second-order valence-electron chi connectivity index (χ2n) is 8.82. The third kappa shape index (κ3) is 4.47. The van der Waals surface area contributed by atoms with E-state index in [4.69, 9.17) is 4.74 Å². The van der Waals surface area contributed by atoms with Crippen molar-refractivity contribution in [2.45, 2.75) is 18.7 Å². The Kier molecular flexibility index (Phi) is 6.17. The maximum atomic E-state index is 13.3. The molecule has 0 bridgehead atoms. The maximum absolute atomic E-state index is 13.3. The molecule has 0 unspecified atom stereocenters. The van der Waals surface area contributed by atoms with Gasteiger partial charge in [0.2, 0.25) is 10.0 Å². The number of hydrogen-bond acceptors (Lipinski definition) is 6. The highest BCUT2D eigenvalue weighted by atomic mass is 32.2. The molecule has 0 atom stereocenters. The van der Waals surface area contributed by atoms with Crippen molar-refractivity contribution in [3.05, 3.63) is 77.9 Å². The Morgan fingerprint density at radius 3 is 2.23 bits per heavy atom. The number of sulfonamides is 1. The van der Waals surface area contributed by atoms with Gasteiger partial charge in [-0.3, -0.25) is 0 Å². The first-order chi connectivity index (χ1) is 16.9. The molecule has 3 aromatic carbocycles. The zero-order valence-electron chi connectivity index (χ0n) is 20.1. The first kappa shape index (κ1) is 23.3. The van der Waals surface area contributed by atoms with E-state index in [1.54, 1.807) is 30.5 Å². The monoisotopic (exact) mass is 488 g/mol. The van der Waals surface area contributed by atoms with Gasteiger partial charge in [0, 0.05) is 31.7 Å². The fourth-order valence-corrected chi connectivity index (χ4v) is 6.27. The second-order valence-corrected chi connectivity index (χ2v) is 10.7. The van der Waals surface area contributed by atoms with Crippen LogP contribution in [0.1, 0.15) is 11.1 Å². The van der Waals surface area contributed by atoms with Crippen molar-refractivity contribution in [2.24, 2.45) is 0 Å². The molecule has 0 spiro atoms. The minimum atomic E-state index is -3.59. The van der Waals surface area contributed by atoms with Gasteiger partial charge in [-0.2, -0.15) is 4.31 Å². The number of benzene rings is 3. The van der Waals surface area contributed by atoms with Crippen molar-refractivity contribution < 1.29 is 13.2 Å². The zero-order valence-corrected chi connectivity index (χ0v) is 20.9. The third-order valence-electron chi connectivity index (χ3n) is 6.57. The molecule has 1 fully saturated rings. The largest absolute Gasteiger partial charge is 0.496 e. The second kappa shape index (κ2) is 9.28. The van der Waals surface area contributed by atoms with Crippen molar-refractivity contribution in [1.29, 1.82) is 0 Å². The average molecular weight is 489 g/mol. The van der Waals surface area contributed by atoms with Crippen molar-refractivity contribution in [1.82, 2.24) is 14.5 Å². The van der Waals surface area contributed by atoms with Crippen LogP contribution < -0.4 is 9.64 Å². The van der Waals surface area contributed by atoms with Crippen LogP contribution in [0.3, 0.4) is 0 Å². The summed E-state index contributed by atoms with van der Waals surface area (Å²) in [5.74, 6) is 1.44. The number of rotatable bonds is 5. The smallest absolute Gasteiger partial charge is 0.243 e. The summed E-state index contributed by atoms with van der Waals surface area (Å²) in [4.78, 5) is 2.42. The van der Waals surface area contributed by atoms with Crippen LogP contribution in [0.4, 0.5) is 5.82 Å². The highest BCUT2D eigenvalue weighted by Gasteiger charge is 2.30. The number of ether oxygens (including phenoxy) is 1. The number of aryl methyl sites for hydroxylation is 2. The molecule has 35 heavy (non-hydrogen) atoms. The summed E-state index contributed by atoms with van der Waals surface area (Å²) < 4.78 is 33.6. The normalized spacial score (nSPS) is 14.9. The van der Waals surface area contributed by atoms with E-state index in [0.29, 0.717) is 42.4 Å². The molecule has 7 nitrogen and oxygen atoms in total. The molecule has 1 aliphatic heterocycles. The van der Waals surface area contributed by atoms with Gasteiger partial charge in [0.1, 0.15) is 5.75 Å². The standard InChI is InChI=1S/C27H28N4O3S/c1-19-17-26(20(2)16-25(19)34-3)35(32,33)31-14-12-30(13-15-31)27-11-10-24(28-29-27)23-9-8-21-6-4-5-7-22(21)18-23/h4-11,16-18H,12-15H2,1-3H3. The van der Waals surface area contributed by atoms with Crippen molar-refractivity contribution in [3.63, 3.8) is 0 Å². The van der Waals surface area contributed by atoms with E-state index >= 15 is 0 Å². The number of fused-ring (bicyclic) bond motifs is 1. The molecule has 0 radical (unpaired) electrons. The summed E-state index contributed by atoms with van der Waals surface area (Å²) in [5, 5.41) is 11.2. The number of piperazine rings is 1. The van der Waals surface area contributed by atoms with E-state index in [9.17, 15) is 8.42 Å². The Bertz CT molecular complexity index is 1480. The molecule has 1 aliphatic rings. The van der Waals surface area contributed by atoms with Crippen molar-refractivity contribution >= 4 is 26.6 Å². The zero-order chi connectivity index (χ0) is 24.6. The van der Waals surface area contributed by atoms with Crippen LogP contribution >= 0.6 is 0 Å². The van der Waals surface area contributed by atoms with Crippen LogP contribution in [-0.4, -0.2) is 56.2 Å². The first-order valence-corrected chi connectivity index (χ1v) is 13.0. The number of anilines is 1. The van der Waals surface area contributed by atoms with Crippen LogP contribution in [0, 0.1) is 13.8 Å². The van der Waals surface area contributed by atoms with Gasteiger partial charge < -0.3 is 9.64 Å². The van der Waals surface area contributed by atoms with Gasteiger partial charge in [-0.15, -0.1) is 10.2 Å². The fraction of sp³-hybridized carbons (Fsp3) is 0.259. The molecular weight excluding hydrogens is 460 g/mol. The lowest BCUT2D eigenvalue weighted by molar-refractivity contribution is 0.382. The van der Waals surface area contributed by atoms with Crippen LogP contribution in [0.25, 0.3) is 22.0 Å². The lowest BCUT2D eigenvalue weighted by Crippen LogP contribution is -2.49. The Morgan fingerprint density at radius 1 is 0.800 bits per heavy atom. The Morgan fingerprint density at radius 2 is 1.54 bits per heavy atom. The summed E-state index contributed by atoms with van der Waals surface area (Å²) in [7, 11) is -2.00. The average Bonchev–Trinajstić information content (AvgIpc) is 2.89. The van der Waals surface area contributed by atoms with Gasteiger partial charge >= 0.3 is 0 Å². The Balaban J connectivity index is 1.29. The predicted octanol–water partition coefficient (Wildman–Crippen LogP) is 4.43. The Hall–Kier alpha value is -3.49. The van der Waals surface area contributed by atoms with E-state index in [-0.39, 0.29) is 0 Å². The minimum absolute atomic E-state index is 0.337. The lowest BCUT2D eigenvalue weighted by atomic mass is 10.1. The minimum Gasteiger partial charge on any atom is -0.496 e. The maximum Gasteiger partial charge on any atom is 0.243 e.